The molecule has 1 saturated carbocycles. The zero-order valence-electron chi connectivity index (χ0n) is 16.5. The maximum atomic E-state index is 12.2. The molecule has 154 valence electrons. The quantitative estimate of drug-likeness (QED) is 0.434. The number of hydrogen-bond donors (Lipinski definition) is 1. The lowest BCUT2D eigenvalue weighted by atomic mass is 10.2. The Morgan fingerprint density at radius 1 is 1.13 bits per heavy atom. The van der Waals surface area contributed by atoms with Crippen molar-refractivity contribution in [3.63, 3.8) is 0 Å². The maximum Gasteiger partial charge on any atom is 0.331 e. The summed E-state index contributed by atoms with van der Waals surface area (Å²) in [6.07, 6.45) is 9.21. The third-order valence-electron chi connectivity index (χ3n) is 5.02. The van der Waals surface area contributed by atoms with Crippen molar-refractivity contribution in [2.75, 3.05) is 11.9 Å². The second kappa shape index (κ2) is 9.54. The highest BCUT2D eigenvalue weighted by Crippen LogP contribution is 2.31. The smallest absolute Gasteiger partial charge is 0.331 e. The predicted octanol–water partition coefficient (Wildman–Crippen LogP) is 4.92. The standard InChI is InChI=1S/C23H23N3O3S/c27-22(25-21-14-15-24-26(21)18-8-4-5-9-18)16-29-23(28)13-11-19-10-12-20(30-19)17-6-2-1-3-7-17/h1-3,6-7,10-15,18H,4-5,8-9,16H2,(H,25,27)/b13-11+. The third kappa shape index (κ3) is 5.04. The molecule has 1 amide bonds. The molecule has 0 aliphatic heterocycles. The van der Waals surface area contributed by atoms with E-state index in [1.165, 1.54) is 18.9 Å². The van der Waals surface area contributed by atoms with Crippen LogP contribution in [-0.4, -0.2) is 28.3 Å². The van der Waals surface area contributed by atoms with E-state index in [1.807, 2.05) is 47.1 Å². The summed E-state index contributed by atoms with van der Waals surface area (Å²) in [6.45, 7) is -0.335. The Labute approximate surface area is 179 Å². The molecule has 0 spiro atoms. The van der Waals surface area contributed by atoms with Crippen molar-refractivity contribution in [3.05, 3.63) is 65.7 Å². The van der Waals surface area contributed by atoms with Crippen LogP contribution in [0.4, 0.5) is 5.82 Å². The number of ether oxygens (including phenoxy) is 1. The summed E-state index contributed by atoms with van der Waals surface area (Å²) < 4.78 is 6.92. The summed E-state index contributed by atoms with van der Waals surface area (Å²) in [7, 11) is 0. The van der Waals surface area contributed by atoms with Crippen LogP contribution in [0.2, 0.25) is 0 Å². The van der Waals surface area contributed by atoms with E-state index in [4.69, 9.17) is 4.74 Å². The van der Waals surface area contributed by atoms with Gasteiger partial charge in [0, 0.05) is 21.9 Å². The van der Waals surface area contributed by atoms with E-state index in [2.05, 4.69) is 10.4 Å². The number of amides is 1. The Balaban J connectivity index is 1.26. The lowest BCUT2D eigenvalue weighted by molar-refractivity contribution is -0.142. The van der Waals surface area contributed by atoms with Gasteiger partial charge in [0.25, 0.3) is 5.91 Å². The van der Waals surface area contributed by atoms with Gasteiger partial charge < -0.3 is 10.1 Å². The minimum Gasteiger partial charge on any atom is -0.452 e. The molecule has 1 N–H and O–H groups in total. The van der Waals surface area contributed by atoms with Crippen molar-refractivity contribution in [2.24, 2.45) is 0 Å². The lowest BCUT2D eigenvalue weighted by Gasteiger charge is -2.14. The van der Waals surface area contributed by atoms with Crippen LogP contribution in [0.5, 0.6) is 0 Å². The molecule has 0 saturated heterocycles. The topological polar surface area (TPSA) is 73.2 Å². The average molecular weight is 422 g/mol. The molecule has 1 fully saturated rings. The Morgan fingerprint density at radius 2 is 1.93 bits per heavy atom. The minimum absolute atomic E-state index is 0.326. The molecule has 7 heteroatoms. The summed E-state index contributed by atoms with van der Waals surface area (Å²) in [5, 5.41) is 7.10. The van der Waals surface area contributed by atoms with Gasteiger partial charge in [0.05, 0.1) is 12.2 Å². The second-order valence-electron chi connectivity index (χ2n) is 7.16. The predicted molar refractivity (Wildman–Crippen MR) is 118 cm³/mol. The first-order valence-corrected chi connectivity index (χ1v) is 10.8. The Bertz CT molecular complexity index is 1030. The number of nitrogens with zero attached hydrogens (tertiary/aromatic N) is 2. The van der Waals surface area contributed by atoms with Gasteiger partial charge in [0.1, 0.15) is 5.82 Å². The normalized spacial score (nSPS) is 14.3. The molecule has 0 unspecified atom stereocenters. The van der Waals surface area contributed by atoms with Crippen LogP contribution in [0.15, 0.2) is 60.8 Å². The molecular weight excluding hydrogens is 398 g/mol. The molecule has 3 aromatic rings. The molecule has 1 aliphatic rings. The van der Waals surface area contributed by atoms with Crippen molar-refractivity contribution < 1.29 is 14.3 Å². The zero-order chi connectivity index (χ0) is 20.8. The first-order valence-electron chi connectivity index (χ1n) is 10.0. The van der Waals surface area contributed by atoms with Crippen LogP contribution >= 0.6 is 11.3 Å². The molecule has 0 bridgehead atoms. The van der Waals surface area contributed by atoms with Gasteiger partial charge in [0.15, 0.2) is 6.61 Å². The maximum absolute atomic E-state index is 12.2. The van der Waals surface area contributed by atoms with Crippen molar-refractivity contribution in [2.45, 2.75) is 31.7 Å². The van der Waals surface area contributed by atoms with Crippen LogP contribution in [0.25, 0.3) is 16.5 Å². The van der Waals surface area contributed by atoms with Crippen LogP contribution in [0.1, 0.15) is 36.6 Å². The largest absolute Gasteiger partial charge is 0.452 e. The van der Waals surface area contributed by atoms with E-state index in [0.29, 0.717) is 11.9 Å². The van der Waals surface area contributed by atoms with E-state index in [1.54, 1.807) is 29.7 Å². The second-order valence-corrected chi connectivity index (χ2v) is 8.27. The summed E-state index contributed by atoms with van der Waals surface area (Å²) in [6, 6.07) is 16.1. The zero-order valence-corrected chi connectivity index (χ0v) is 17.3. The lowest BCUT2D eigenvalue weighted by Crippen LogP contribution is -2.22. The Hall–Kier alpha value is -3.19. The third-order valence-corrected chi connectivity index (χ3v) is 6.12. The van der Waals surface area contributed by atoms with Crippen molar-refractivity contribution in [3.8, 4) is 10.4 Å². The molecule has 1 aliphatic carbocycles. The van der Waals surface area contributed by atoms with Crippen molar-refractivity contribution >= 4 is 35.1 Å². The number of carbonyl (C=O) groups is 2. The van der Waals surface area contributed by atoms with E-state index in [0.717, 1.165) is 28.2 Å². The highest BCUT2D eigenvalue weighted by molar-refractivity contribution is 7.16. The van der Waals surface area contributed by atoms with Gasteiger partial charge in [0.2, 0.25) is 0 Å². The van der Waals surface area contributed by atoms with Gasteiger partial charge in [-0.25, -0.2) is 9.48 Å². The van der Waals surface area contributed by atoms with Gasteiger partial charge in [-0.1, -0.05) is 43.2 Å². The summed E-state index contributed by atoms with van der Waals surface area (Å²) in [4.78, 5) is 26.2. The number of carbonyl (C=O) groups excluding carboxylic acids is 2. The molecule has 0 radical (unpaired) electrons. The Morgan fingerprint density at radius 3 is 2.73 bits per heavy atom. The van der Waals surface area contributed by atoms with Crippen molar-refractivity contribution in [1.82, 2.24) is 9.78 Å². The fraction of sp³-hybridized carbons (Fsp3) is 0.261. The van der Waals surface area contributed by atoms with Crippen LogP contribution < -0.4 is 5.32 Å². The number of anilines is 1. The SMILES string of the molecule is O=C(COC(=O)/C=C/c1ccc(-c2ccccc2)s1)Nc1ccnn1C1CCCC1. The average Bonchev–Trinajstić information content (AvgIpc) is 3.53. The fourth-order valence-electron chi connectivity index (χ4n) is 3.57. The number of thiophene rings is 1. The molecular formula is C23H23N3O3S. The van der Waals surface area contributed by atoms with Gasteiger partial charge in [-0.3, -0.25) is 4.79 Å². The molecule has 2 aromatic heterocycles. The van der Waals surface area contributed by atoms with Gasteiger partial charge in [-0.15, -0.1) is 11.3 Å². The van der Waals surface area contributed by atoms with Gasteiger partial charge >= 0.3 is 5.97 Å². The number of benzene rings is 1. The van der Waals surface area contributed by atoms with Gasteiger partial charge in [-0.05, 0) is 36.6 Å². The molecule has 6 nitrogen and oxygen atoms in total. The number of hydrogen-bond acceptors (Lipinski definition) is 5. The summed E-state index contributed by atoms with van der Waals surface area (Å²) in [5.74, 6) is -0.284. The van der Waals surface area contributed by atoms with Crippen LogP contribution in [0.3, 0.4) is 0 Å². The van der Waals surface area contributed by atoms with E-state index in [9.17, 15) is 9.59 Å². The van der Waals surface area contributed by atoms with Gasteiger partial charge in [-0.2, -0.15) is 5.10 Å². The molecule has 2 heterocycles. The molecule has 30 heavy (non-hydrogen) atoms. The van der Waals surface area contributed by atoms with Crippen LogP contribution in [0, 0.1) is 0 Å². The Kier molecular flexibility index (Phi) is 6.39. The van der Waals surface area contributed by atoms with E-state index < -0.39 is 5.97 Å². The number of esters is 1. The minimum atomic E-state index is -0.552. The summed E-state index contributed by atoms with van der Waals surface area (Å²) in [5.41, 5.74) is 1.14. The first kappa shape index (κ1) is 20.1. The van der Waals surface area contributed by atoms with E-state index >= 15 is 0 Å². The summed E-state index contributed by atoms with van der Waals surface area (Å²) >= 11 is 1.59. The van der Waals surface area contributed by atoms with Crippen LogP contribution in [-0.2, 0) is 14.3 Å². The van der Waals surface area contributed by atoms with E-state index in [-0.39, 0.29) is 12.5 Å². The number of rotatable bonds is 7. The number of nitrogens with one attached hydrogen (secondary N) is 1. The first-order chi connectivity index (χ1) is 14.7. The highest BCUT2D eigenvalue weighted by atomic mass is 32.1. The molecule has 0 atom stereocenters. The fourth-order valence-corrected chi connectivity index (χ4v) is 4.48. The monoisotopic (exact) mass is 421 g/mol. The molecule has 1 aromatic carbocycles. The van der Waals surface area contributed by atoms with Crippen molar-refractivity contribution in [1.29, 1.82) is 0 Å². The molecule has 4 rings (SSSR count). The highest BCUT2D eigenvalue weighted by Gasteiger charge is 2.20. The number of aromatic nitrogens is 2.